The second-order valence-electron chi connectivity index (χ2n) is 7.95. The molecule has 0 aromatic heterocycles. The average molecular weight is 281 g/mol. The van der Waals surface area contributed by atoms with Gasteiger partial charge in [-0.15, -0.1) is 0 Å². The summed E-state index contributed by atoms with van der Waals surface area (Å²) in [5.41, 5.74) is 0.511. The normalized spacial score (nSPS) is 37.5. The van der Waals surface area contributed by atoms with Gasteiger partial charge in [-0.05, 0) is 68.7 Å². The van der Waals surface area contributed by atoms with Crippen molar-refractivity contribution in [1.82, 2.24) is 5.32 Å². The molecule has 0 aromatic carbocycles. The van der Waals surface area contributed by atoms with Crippen molar-refractivity contribution in [2.75, 3.05) is 6.54 Å². The van der Waals surface area contributed by atoms with Crippen LogP contribution in [0.25, 0.3) is 0 Å². The zero-order chi connectivity index (χ0) is 14.8. The van der Waals surface area contributed by atoms with Gasteiger partial charge >= 0.3 is 5.97 Å². The largest absolute Gasteiger partial charge is 0.481 e. The third-order valence-corrected chi connectivity index (χ3v) is 5.56. The molecule has 0 radical (unpaired) electrons. The first-order chi connectivity index (χ1) is 9.37. The molecular weight excluding hydrogens is 250 g/mol. The lowest BCUT2D eigenvalue weighted by atomic mass is 9.70. The van der Waals surface area contributed by atoms with Crippen LogP contribution in [0.4, 0.5) is 0 Å². The lowest BCUT2D eigenvalue weighted by molar-refractivity contribution is -0.143. The second kappa shape index (κ2) is 6.46. The van der Waals surface area contributed by atoms with Gasteiger partial charge in [-0.2, -0.15) is 0 Å². The molecule has 2 saturated carbocycles. The van der Waals surface area contributed by atoms with Crippen LogP contribution in [0.3, 0.4) is 0 Å². The standard InChI is InChI=1S/C17H31NO2/c1-12-10-17(2,3)9-8-15(12)18-11-13-4-6-14(7-5-13)16(19)20/h12-15,18H,4-11H2,1-3H3,(H,19,20). The molecule has 0 bridgehead atoms. The summed E-state index contributed by atoms with van der Waals surface area (Å²) in [6.07, 6.45) is 7.83. The predicted octanol–water partition coefficient (Wildman–Crippen LogP) is 3.68. The number of hydrogen-bond donors (Lipinski definition) is 2. The number of aliphatic carboxylic acids is 1. The number of carboxylic acids is 1. The van der Waals surface area contributed by atoms with Gasteiger partial charge in [-0.25, -0.2) is 0 Å². The number of nitrogens with one attached hydrogen (secondary N) is 1. The van der Waals surface area contributed by atoms with Crippen LogP contribution in [0, 0.1) is 23.2 Å². The van der Waals surface area contributed by atoms with Gasteiger partial charge in [0.25, 0.3) is 0 Å². The van der Waals surface area contributed by atoms with Crippen molar-refractivity contribution in [3.05, 3.63) is 0 Å². The maximum atomic E-state index is 11.0. The van der Waals surface area contributed by atoms with E-state index in [4.69, 9.17) is 5.11 Å². The Labute approximate surface area is 123 Å². The molecule has 0 saturated heterocycles. The van der Waals surface area contributed by atoms with Gasteiger partial charge in [-0.1, -0.05) is 20.8 Å². The van der Waals surface area contributed by atoms with Crippen LogP contribution in [-0.4, -0.2) is 23.7 Å². The Morgan fingerprint density at radius 2 is 1.85 bits per heavy atom. The smallest absolute Gasteiger partial charge is 0.306 e. The lowest BCUT2D eigenvalue weighted by Crippen LogP contribution is -2.43. The van der Waals surface area contributed by atoms with E-state index in [-0.39, 0.29) is 5.92 Å². The third kappa shape index (κ3) is 4.21. The molecule has 2 N–H and O–H groups in total. The third-order valence-electron chi connectivity index (χ3n) is 5.56. The molecule has 0 heterocycles. The Balaban J connectivity index is 1.70. The van der Waals surface area contributed by atoms with Gasteiger partial charge in [0, 0.05) is 6.04 Å². The highest BCUT2D eigenvalue weighted by Crippen LogP contribution is 2.38. The van der Waals surface area contributed by atoms with Gasteiger partial charge < -0.3 is 10.4 Å². The molecular formula is C17H31NO2. The van der Waals surface area contributed by atoms with Crippen molar-refractivity contribution in [1.29, 1.82) is 0 Å². The van der Waals surface area contributed by atoms with Crippen LogP contribution in [0.15, 0.2) is 0 Å². The summed E-state index contributed by atoms with van der Waals surface area (Å²) >= 11 is 0. The van der Waals surface area contributed by atoms with Crippen LogP contribution in [-0.2, 0) is 4.79 Å². The first-order valence-corrected chi connectivity index (χ1v) is 8.33. The molecule has 0 aliphatic heterocycles. The van der Waals surface area contributed by atoms with E-state index in [2.05, 4.69) is 26.1 Å². The predicted molar refractivity (Wildman–Crippen MR) is 81.7 cm³/mol. The minimum Gasteiger partial charge on any atom is -0.481 e. The molecule has 0 spiro atoms. The van der Waals surface area contributed by atoms with E-state index in [1.807, 2.05) is 0 Å². The maximum absolute atomic E-state index is 11.0. The highest BCUT2D eigenvalue weighted by atomic mass is 16.4. The zero-order valence-electron chi connectivity index (χ0n) is 13.3. The Kier molecular flexibility index (Phi) is 5.11. The highest BCUT2D eigenvalue weighted by molar-refractivity contribution is 5.69. The summed E-state index contributed by atoms with van der Waals surface area (Å²) in [4.78, 5) is 11.0. The van der Waals surface area contributed by atoms with E-state index in [1.165, 1.54) is 19.3 Å². The van der Waals surface area contributed by atoms with Gasteiger partial charge in [-0.3, -0.25) is 4.79 Å². The Morgan fingerprint density at radius 1 is 1.20 bits per heavy atom. The van der Waals surface area contributed by atoms with Crippen LogP contribution in [0.1, 0.15) is 65.7 Å². The fourth-order valence-electron chi connectivity index (χ4n) is 4.18. The Bertz CT molecular complexity index is 332. The zero-order valence-corrected chi connectivity index (χ0v) is 13.3. The number of rotatable bonds is 4. The van der Waals surface area contributed by atoms with Gasteiger partial charge in [0.1, 0.15) is 0 Å². The van der Waals surface area contributed by atoms with E-state index in [0.717, 1.165) is 38.1 Å². The summed E-state index contributed by atoms with van der Waals surface area (Å²) in [6.45, 7) is 8.22. The molecule has 116 valence electrons. The molecule has 2 rings (SSSR count). The Hall–Kier alpha value is -0.570. The molecule has 2 fully saturated rings. The lowest BCUT2D eigenvalue weighted by Gasteiger charge is -2.40. The quantitative estimate of drug-likeness (QED) is 0.826. The van der Waals surface area contributed by atoms with Crippen LogP contribution >= 0.6 is 0 Å². The van der Waals surface area contributed by atoms with E-state index in [9.17, 15) is 4.79 Å². The fraction of sp³-hybridized carbons (Fsp3) is 0.941. The van der Waals surface area contributed by atoms with E-state index >= 15 is 0 Å². The maximum Gasteiger partial charge on any atom is 0.306 e. The summed E-state index contributed by atoms with van der Waals surface area (Å²) in [6, 6.07) is 0.667. The minimum absolute atomic E-state index is 0.0827. The first-order valence-electron chi connectivity index (χ1n) is 8.33. The summed E-state index contributed by atoms with van der Waals surface area (Å²) in [5.74, 6) is 0.766. The van der Waals surface area contributed by atoms with Crippen molar-refractivity contribution in [2.45, 2.75) is 71.8 Å². The van der Waals surface area contributed by atoms with Crippen molar-refractivity contribution in [3.63, 3.8) is 0 Å². The molecule has 2 aliphatic rings. The van der Waals surface area contributed by atoms with E-state index < -0.39 is 5.97 Å². The summed E-state index contributed by atoms with van der Waals surface area (Å²) in [7, 11) is 0. The number of carbonyl (C=O) groups is 1. The molecule has 3 heteroatoms. The first kappa shape index (κ1) is 15.8. The number of hydrogen-bond acceptors (Lipinski definition) is 2. The van der Waals surface area contributed by atoms with Gasteiger partial charge in [0.2, 0.25) is 0 Å². The van der Waals surface area contributed by atoms with Crippen LogP contribution in [0.2, 0.25) is 0 Å². The van der Waals surface area contributed by atoms with Crippen LogP contribution in [0.5, 0.6) is 0 Å². The summed E-state index contributed by atoms with van der Waals surface area (Å²) < 4.78 is 0. The SMILES string of the molecule is CC1CC(C)(C)CCC1NCC1CCC(C(=O)O)CC1. The van der Waals surface area contributed by atoms with Crippen LogP contribution < -0.4 is 5.32 Å². The highest BCUT2D eigenvalue weighted by Gasteiger charge is 2.33. The van der Waals surface area contributed by atoms with Crippen molar-refractivity contribution >= 4 is 5.97 Å². The van der Waals surface area contributed by atoms with Crippen molar-refractivity contribution in [3.8, 4) is 0 Å². The molecule has 20 heavy (non-hydrogen) atoms. The average Bonchev–Trinajstić information content (AvgIpc) is 2.37. The molecule has 2 aliphatic carbocycles. The Morgan fingerprint density at radius 3 is 2.40 bits per heavy atom. The molecule has 0 amide bonds. The van der Waals surface area contributed by atoms with Gasteiger partial charge in [0.05, 0.1) is 5.92 Å². The van der Waals surface area contributed by atoms with Crippen molar-refractivity contribution in [2.24, 2.45) is 23.2 Å². The monoisotopic (exact) mass is 281 g/mol. The fourth-order valence-corrected chi connectivity index (χ4v) is 4.18. The number of carboxylic acid groups (broad SMARTS) is 1. The van der Waals surface area contributed by atoms with E-state index in [0.29, 0.717) is 17.4 Å². The molecule has 2 unspecified atom stereocenters. The minimum atomic E-state index is -0.598. The van der Waals surface area contributed by atoms with E-state index in [1.54, 1.807) is 0 Å². The second-order valence-corrected chi connectivity index (χ2v) is 7.95. The van der Waals surface area contributed by atoms with Crippen molar-refractivity contribution < 1.29 is 9.90 Å². The molecule has 3 nitrogen and oxygen atoms in total. The molecule has 2 atom stereocenters. The van der Waals surface area contributed by atoms with Gasteiger partial charge in [0.15, 0.2) is 0 Å². The molecule has 0 aromatic rings. The topological polar surface area (TPSA) is 49.3 Å². The summed E-state index contributed by atoms with van der Waals surface area (Å²) in [5, 5.41) is 12.8.